The fourth-order valence-corrected chi connectivity index (χ4v) is 5.03. The molecule has 0 radical (unpaired) electrons. The van der Waals surface area contributed by atoms with Gasteiger partial charge in [-0.3, -0.25) is 19.1 Å². The predicted molar refractivity (Wildman–Crippen MR) is 115 cm³/mol. The van der Waals surface area contributed by atoms with E-state index < -0.39 is 0 Å². The fraction of sp³-hybridized carbons (Fsp3) is 0.350. The summed E-state index contributed by atoms with van der Waals surface area (Å²) < 4.78 is 2.56. The van der Waals surface area contributed by atoms with Gasteiger partial charge in [-0.1, -0.05) is 12.1 Å². The number of carbonyl (C=O) groups excluding carboxylic acids is 1. The molecule has 146 valence electrons. The normalized spacial score (nSPS) is 15.3. The van der Waals surface area contributed by atoms with Crippen molar-refractivity contribution in [2.24, 2.45) is 0 Å². The minimum atomic E-state index is -0.163. The topological polar surface area (TPSA) is 58.4 Å². The van der Waals surface area contributed by atoms with Gasteiger partial charge in [-0.2, -0.15) is 0 Å². The first-order valence-electron chi connectivity index (χ1n) is 9.20. The first-order valence-corrected chi connectivity index (χ1v) is 10.8. The molecule has 1 aromatic carbocycles. The smallest absolute Gasteiger partial charge is 0.261 e. The van der Waals surface area contributed by atoms with Gasteiger partial charge in [-0.05, 0) is 46.6 Å². The molecule has 1 fully saturated rings. The second-order valence-corrected chi connectivity index (χ2v) is 9.56. The van der Waals surface area contributed by atoms with Crippen molar-refractivity contribution >= 4 is 44.1 Å². The summed E-state index contributed by atoms with van der Waals surface area (Å²) in [6.45, 7) is 5.91. The molecule has 0 unspecified atom stereocenters. The summed E-state index contributed by atoms with van der Waals surface area (Å²) >= 11 is 5.24. The number of benzene rings is 1. The van der Waals surface area contributed by atoms with E-state index in [9.17, 15) is 9.59 Å². The van der Waals surface area contributed by atoms with Crippen molar-refractivity contribution in [1.29, 1.82) is 0 Å². The number of nitrogens with zero attached hydrogens (tertiary/aromatic N) is 4. The van der Waals surface area contributed by atoms with Gasteiger partial charge in [0.2, 0.25) is 5.91 Å². The average molecular weight is 461 g/mol. The molecule has 28 heavy (non-hydrogen) atoms. The van der Waals surface area contributed by atoms with Crippen LogP contribution in [0.2, 0.25) is 0 Å². The lowest BCUT2D eigenvalue weighted by Gasteiger charge is -2.34. The molecule has 1 amide bonds. The van der Waals surface area contributed by atoms with E-state index in [4.69, 9.17) is 0 Å². The van der Waals surface area contributed by atoms with Crippen LogP contribution in [0, 0.1) is 6.92 Å². The van der Waals surface area contributed by atoms with Gasteiger partial charge >= 0.3 is 0 Å². The Morgan fingerprint density at radius 2 is 1.96 bits per heavy atom. The standard InChI is InChI=1S/C20H21BrN4O2S/c1-14-3-2-4-16-19(14)22-13-25(20(16)27)12-18(26)24-9-7-23(8-10-24)11-15-5-6-17(21)28-15/h2-6,13H,7-12H2,1H3. The maximum atomic E-state index is 12.7. The Hall–Kier alpha value is -2.03. The highest BCUT2D eigenvalue weighted by molar-refractivity contribution is 9.11. The van der Waals surface area contributed by atoms with E-state index in [1.165, 1.54) is 15.8 Å². The van der Waals surface area contributed by atoms with Crippen LogP contribution in [0.3, 0.4) is 0 Å². The number of hydrogen-bond acceptors (Lipinski definition) is 5. The summed E-state index contributed by atoms with van der Waals surface area (Å²) in [6.07, 6.45) is 1.49. The molecule has 1 aliphatic rings. The number of piperazine rings is 1. The Morgan fingerprint density at radius 1 is 1.18 bits per heavy atom. The van der Waals surface area contributed by atoms with Crippen molar-refractivity contribution in [3.8, 4) is 0 Å². The molecule has 1 aliphatic heterocycles. The van der Waals surface area contributed by atoms with Gasteiger partial charge in [-0.25, -0.2) is 4.98 Å². The Kier molecular flexibility index (Phi) is 5.61. The highest BCUT2D eigenvalue weighted by Gasteiger charge is 2.22. The van der Waals surface area contributed by atoms with Crippen LogP contribution < -0.4 is 5.56 Å². The van der Waals surface area contributed by atoms with Crippen LogP contribution in [0.4, 0.5) is 0 Å². The van der Waals surface area contributed by atoms with Crippen LogP contribution in [0.1, 0.15) is 10.4 Å². The van der Waals surface area contributed by atoms with E-state index in [0.29, 0.717) is 24.0 Å². The van der Waals surface area contributed by atoms with Gasteiger partial charge in [0, 0.05) is 37.6 Å². The molecular formula is C20H21BrN4O2S. The van der Waals surface area contributed by atoms with E-state index in [2.05, 4.69) is 37.9 Å². The number of thiophene rings is 1. The monoisotopic (exact) mass is 460 g/mol. The van der Waals surface area contributed by atoms with Crippen LogP contribution >= 0.6 is 27.3 Å². The molecule has 3 aromatic rings. The molecule has 4 rings (SSSR count). The predicted octanol–water partition coefficient (Wildman–Crippen LogP) is 2.87. The molecule has 2 aromatic heterocycles. The Bertz CT molecular complexity index is 1070. The van der Waals surface area contributed by atoms with E-state index in [-0.39, 0.29) is 18.0 Å². The van der Waals surface area contributed by atoms with Crippen molar-refractivity contribution in [2.45, 2.75) is 20.0 Å². The van der Waals surface area contributed by atoms with Crippen LogP contribution in [-0.2, 0) is 17.9 Å². The minimum absolute atomic E-state index is 0.0329. The van der Waals surface area contributed by atoms with Crippen LogP contribution in [0.15, 0.2) is 45.2 Å². The number of aryl methyl sites for hydroxylation is 1. The molecular weight excluding hydrogens is 440 g/mol. The highest BCUT2D eigenvalue weighted by atomic mass is 79.9. The lowest BCUT2D eigenvalue weighted by molar-refractivity contribution is -0.133. The maximum absolute atomic E-state index is 12.7. The summed E-state index contributed by atoms with van der Waals surface area (Å²) in [5.41, 5.74) is 1.50. The number of rotatable bonds is 4. The molecule has 0 aliphatic carbocycles. The summed E-state index contributed by atoms with van der Waals surface area (Å²) in [6, 6.07) is 9.74. The molecule has 8 heteroatoms. The highest BCUT2D eigenvalue weighted by Crippen LogP contribution is 2.23. The van der Waals surface area contributed by atoms with Crippen LogP contribution in [0.5, 0.6) is 0 Å². The number of hydrogen-bond donors (Lipinski definition) is 0. The zero-order valence-electron chi connectivity index (χ0n) is 15.6. The summed E-state index contributed by atoms with van der Waals surface area (Å²) in [4.78, 5) is 35.3. The Labute approximate surface area is 175 Å². The third-order valence-corrected chi connectivity index (χ3v) is 6.70. The van der Waals surface area contributed by atoms with Crippen LogP contribution in [0.25, 0.3) is 10.9 Å². The zero-order chi connectivity index (χ0) is 19.7. The summed E-state index contributed by atoms with van der Waals surface area (Å²) in [5, 5.41) is 0.558. The first-order chi connectivity index (χ1) is 13.5. The number of aromatic nitrogens is 2. The van der Waals surface area contributed by atoms with E-state index >= 15 is 0 Å². The third-order valence-electron chi connectivity index (χ3n) is 5.09. The number of halogens is 1. The van der Waals surface area contributed by atoms with Crippen molar-refractivity contribution in [1.82, 2.24) is 19.4 Å². The molecule has 0 atom stereocenters. The van der Waals surface area contributed by atoms with Gasteiger partial charge in [0.25, 0.3) is 5.56 Å². The Morgan fingerprint density at radius 3 is 2.68 bits per heavy atom. The quantitative estimate of drug-likeness (QED) is 0.600. The van der Waals surface area contributed by atoms with E-state index in [0.717, 1.165) is 29.0 Å². The van der Waals surface area contributed by atoms with Crippen molar-refractivity contribution in [3.05, 3.63) is 61.2 Å². The average Bonchev–Trinajstić information content (AvgIpc) is 3.10. The minimum Gasteiger partial charge on any atom is -0.339 e. The molecule has 0 bridgehead atoms. The third kappa shape index (κ3) is 4.04. The molecule has 1 saturated heterocycles. The fourth-order valence-electron chi connectivity index (χ4n) is 3.51. The molecule has 0 spiro atoms. The molecule has 3 heterocycles. The zero-order valence-corrected chi connectivity index (χ0v) is 18.0. The van der Waals surface area contributed by atoms with Gasteiger partial charge in [0.1, 0.15) is 6.54 Å². The maximum Gasteiger partial charge on any atom is 0.261 e. The molecule has 0 saturated carbocycles. The van der Waals surface area contributed by atoms with Crippen molar-refractivity contribution < 1.29 is 4.79 Å². The Balaban J connectivity index is 1.39. The molecule has 6 nitrogen and oxygen atoms in total. The number of carbonyl (C=O) groups is 1. The van der Waals surface area contributed by atoms with Crippen molar-refractivity contribution in [2.75, 3.05) is 26.2 Å². The number of fused-ring (bicyclic) bond motifs is 1. The van der Waals surface area contributed by atoms with Gasteiger partial charge in [0.15, 0.2) is 0 Å². The number of para-hydroxylation sites is 1. The van der Waals surface area contributed by atoms with E-state index in [1.54, 1.807) is 17.4 Å². The van der Waals surface area contributed by atoms with Crippen molar-refractivity contribution in [3.63, 3.8) is 0 Å². The number of amides is 1. The SMILES string of the molecule is Cc1cccc2c(=O)n(CC(=O)N3CCN(Cc4ccc(Br)s4)CC3)cnc12. The summed E-state index contributed by atoms with van der Waals surface area (Å²) in [7, 11) is 0. The van der Waals surface area contributed by atoms with Crippen LogP contribution in [-0.4, -0.2) is 51.4 Å². The van der Waals surface area contributed by atoms with E-state index in [1.807, 2.05) is 24.0 Å². The lowest BCUT2D eigenvalue weighted by atomic mass is 10.1. The van der Waals surface area contributed by atoms with Gasteiger partial charge < -0.3 is 4.90 Å². The second-order valence-electron chi connectivity index (χ2n) is 7.01. The largest absolute Gasteiger partial charge is 0.339 e. The second kappa shape index (κ2) is 8.14. The lowest BCUT2D eigenvalue weighted by Crippen LogP contribution is -2.49. The first kappa shape index (κ1) is 19.3. The van der Waals surface area contributed by atoms with Gasteiger partial charge in [-0.15, -0.1) is 11.3 Å². The summed E-state index contributed by atoms with van der Waals surface area (Å²) in [5.74, 6) is -0.0329. The molecule has 0 N–H and O–H groups in total. The van der Waals surface area contributed by atoms with Gasteiger partial charge in [0.05, 0.1) is 21.0 Å².